The fourth-order valence-corrected chi connectivity index (χ4v) is 7.92. The third kappa shape index (κ3) is 0.616. The summed E-state index contributed by atoms with van der Waals surface area (Å²) < 4.78 is 17.5. The fraction of sp³-hybridized carbons (Fsp3) is 0.875. The lowest BCUT2D eigenvalue weighted by atomic mass is 9.37. The Morgan fingerprint density at radius 1 is 1.23 bits per heavy atom. The minimum Gasteiger partial charge on any atom is -0.464 e. The number of carbonyl (C=O) groups excluding carboxylic acids is 2. The van der Waals surface area contributed by atoms with Crippen molar-refractivity contribution in [3.63, 3.8) is 0 Å². The highest BCUT2D eigenvalue weighted by Crippen LogP contribution is 2.97. The molecule has 0 aromatic heterocycles. The van der Waals surface area contributed by atoms with Crippen LogP contribution in [0.4, 0.5) is 0 Å². The highest BCUT2D eigenvalue weighted by molar-refractivity contribution is 5.88. The molecule has 1 N–H and O–H groups in total. The van der Waals surface area contributed by atoms with Crippen LogP contribution in [-0.2, 0) is 23.8 Å². The van der Waals surface area contributed by atoms with E-state index in [1.165, 1.54) is 0 Å². The summed E-state index contributed by atoms with van der Waals surface area (Å²) in [5.41, 5.74) is -4.03. The Balaban J connectivity index is 1.75. The molecule has 6 nitrogen and oxygen atoms in total. The maximum absolute atomic E-state index is 12.7. The highest BCUT2D eigenvalue weighted by atomic mass is 16.7. The van der Waals surface area contributed by atoms with Gasteiger partial charge in [0.25, 0.3) is 0 Å². The second-order valence-electron chi connectivity index (χ2n) is 8.64. The van der Waals surface area contributed by atoms with Gasteiger partial charge < -0.3 is 19.3 Å². The van der Waals surface area contributed by atoms with Crippen molar-refractivity contribution in [2.75, 3.05) is 6.61 Å². The predicted octanol–water partition coefficient (Wildman–Crippen LogP) is 0.164. The van der Waals surface area contributed by atoms with E-state index in [0.717, 1.165) is 0 Å². The molecule has 6 aliphatic rings. The van der Waals surface area contributed by atoms with Crippen LogP contribution >= 0.6 is 0 Å². The van der Waals surface area contributed by atoms with Gasteiger partial charge in [-0.3, -0.25) is 9.59 Å². The summed E-state index contributed by atoms with van der Waals surface area (Å²) >= 11 is 0. The molecule has 3 aliphatic heterocycles. The van der Waals surface area contributed by atoms with Crippen molar-refractivity contribution in [2.24, 2.45) is 22.2 Å². The van der Waals surface area contributed by atoms with Crippen LogP contribution in [0.1, 0.15) is 33.6 Å². The first-order chi connectivity index (χ1) is 10.2. The molecule has 6 heteroatoms. The van der Waals surface area contributed by atoms with Gasteiger partial charge in [-0.15, -0.1) is 0 Å². The van der Waals surface area contributed by atoms with Gasteiger partial charge in [-0.1, -0.05) is 6.92 Å². The third-order valence-corrected chi connectivity index (χ3v) is 8.79. The van der Waals surface area contributed by atoms with E-state index in [0.29, 0.717) is 6.42 Å². The number of aliphatic hydroxyl groups is 1. The van der Waals surface area contributed by atoms with Crippen LogP contribution in [0.5, 0.6) is 0 Å². The average molecular weight is 306 g/mol. The van der Waals surface area contributed by atoms with Crippen LogP contribution in [0.2, 0.25) is 0 Å². The summed E-state index contributed by atoms with van der Waals surface area (Å²) in [5, 5.41) is 10.8. The Morgan fingerprint density at radius 2 is 1.95 bits per heavy atom. The minimum absolute atomic E-state index is 0.215. The van der Waals surface area contributed by atoms with Gasteiger partial charge in [0.2, 0.25) is 0 Å². The SMILES string of the molecule is CC12O[C@@]13C(O)C[C@]14OC(=O)C[C@]21[C@H]3[C@]1(C)C(=O)OC[C@]41C. The van der Waals surface area contributed by atoms with Gasteiger partial charge in [0, 0.05) is 12.3 Å². The molecule has 3 saturated heterocycles. The van der Waals surface area contributed by atoms with Crippen molar-refractivity contribution in [1.82, 2.24) is 0 Å². The monoisotopic (exact) mass is 306 g/mol. The zero-order valence-corrected chi connectivity index (χ0v) is 12.8. The van der Waals surface area contributed by atoms with Crippen LogP contribution < -0.4 is 0 Å². The smallest absolute Gasteiger partial charge is 0.313 e. The van der Waals surface area contributed by atoms with Crippen LogP contribution in [-0.4, -0.2) is 46.6 Å². The summed E-state index contributed by atoms with van der Waals surface area (Å²) in [6.45, 7) is 6.13. The molecule has 8 atom stereocenters. The first kappa shape index (κ1) is 12.3. The van der Waals surface area contributed by atoms with Gasteiger partial charge in [-0.2, -0.15) is 0 Å². The molecule has 118 valence electrons. The van der Waals surface area contributed by atoms with Crippen LogP contribution in [0.3, 0.4) is 0 Å². The number of esters is 2. The molecule has 2 bridgehead atoms. The Labute approximate surface area is 127 Å². The summed E-state index contributed by atoms with van der Waals surface area (Å²) in [4.78, 5) is 24.9. The van der Waals surface area contributed by atoms with Gasteiger partial charge in [0.15, 0.2) is 0 Å². The lowest BCUT2D eigenvalue weighted by molar-refractivity contribution is -0.225. The number of epoxide rings is 1. The van der Waals surface area contributed by atoms with Crippen molar-refractivity contribution >= 4 is 11.9 Å². The quantitative estimate of drug-likeness (QED) is 0.507. The zero-order chi connectivity index (χ0) is 15.6. The number of cyclic esters (lactones) is 1. The summed E-state index contributed by atoms with van der Waals surface area (Å²) in [6, 6.07) is 0. The first-order valence-corrected chi connectivity index (χ1v) is 7.95. The third-order valence-electron chi connectivity index (χ3n) is 8.79. The highest BCUT2D eigenvalue weighted by Gasteiger charge is 3.11. The van der Waals surface area contributed by atoms with E-state index in [-0.39, 0.29) is 30.9 Å². The van der Waals surface area contributed by atoms with Crippen molar-refractivity contribution in [1.29, 1.82) is 0 Å². The molecule has 3 saturated carbocycles. The standard InChI is InChI=1S/C16H18O6/c1-11-6-20-10(19)12(11,2)9-14-5-8(18)21-15(11,14)4-7(17)16(9)13(14,3)22-16/h7,9,17H,4-6H2,1-3H3/t7?,9-,11+,12-,13?,14+,15-,16-/m1/s1. The number of ether oxygens (including phenoxy) is 3. The molecule has 3 heterocycles. The summed E-state index contributed by atoms with van der Waals surface area (Å²) in [6.07, 6.45) is -0.0865. The van der Waals surface area contributed by atoms with Gasteiger partial charge in [0.1, 0.15) is 23.4 Å². The van der Waals surface area contributed by atoms with Crippen LogP contribution in [0, 0.1) is 22.2 Å². The van der Waals surface area contributed by atoms with Crippen LogP contribution in [0.25, 0.3) is 0 Å². The number of carbonyl (C=O) groups is 2. The second kappa shape index (κ2) is 2.53. The van der Waals surface area contributed by atoms with Gasteiger partial charge in [0.05, 0.1) is 28.8 Å². The number of rotatable bonds is 0. The summed E-state index contributed by atoms with van der Waals surface area (Å²) in [5.74, 6) is -0.699. The second-order valence-corrected chi connectivity index (χ2v) is 8.64. The van der Waals surface area contributed by atoms with Crippen molar-refractivity contribution in [3.8, 4) is 0 Å². The fourth-order valence-electron chi connectivity index (χ4n) is 7.92. The molecule has 3 aliphatic carbocycles. The molecule has 0 amide bonds. The number of aliphatic hydroxyl groups excluding tert-OH is 1. The Bertz CT molecular complexity index is 719. The van der Waals surface area contributed by atoms with E-state index >= 15 is 0 Å². The first-order valence-electron chi connectivity index (χ1n) is 7.95. The van der Waals surface area contributed by atoms with Crippen molar-refractivity contribution in [2.45, 2.75) is 56.5 Å². The average Bonchev–Trinajstić information content (AvgIpc) is 2.66. The molecule has 6 fully saturated rings. The Kier molecular flexibility index (Phi) is 1.41. The molecule has 0 aromatic carbocycles. The molecule has 0 aromatic rings. The molecular formula is C16H18O6. The Morgan fingerprint density at radius 3 is 2.68 bits per heavy atom. The van der Waals surface area contributed by atoms with E-state index < -0.39 is 39.2 Å². The molecule has 1 spiro atoms. The molecule has 0 radical (unpaired) electrons. The Hall–Kier alpha value is -1.14. The zero-order valence-electron chi connectivity index (χ0n) is 12.8. The normalized spacial score (nSPS) is 72.0. The topological polar surface area (TPSA) is 85.4 Å². The maximum atomic E-state index is 12.7. The van der Waals surface area contributed by atoms with Crippen molar-refractivity contribution in [3.05, 3.63) is 0 Å². The maximum Gasteiger partial charge on any atom is 0.313 e. The lowest BCUT2D eigenvalue weighted by Crippen LogP contribution is -2.77. The van der Waals surface area contributed by atoms with Gasteiger partial charge in [-0.05, 0) is 13.8 Å². The number of hydrogen-bond donors (Lipinski definition) is 1. The van der Waals surface area contributed by atoms with E-state index in [4.69, 9.17) is 14.2 Å². The van der Waals surface area contributed by atoms with Crippen molar-refractivity contribution < 1.29 is 28.9 Å². The van der Waals surface area contributed by atoms with Gasteiger partial charge >= 0.3 is 11.9 Å². The largest absolute Gasteiger partial charge is 0.464 e. The molecule has 2 unspecified atom stereocenters. The molecule has 6 rings (SSSR count). The lowest BCUT2D eigenvalue weighted by Gasteiger charge is -2.62. The van der Waals surface area contributed by atoms with Crippen LogP contribution in [0.15, 0.2) is 0 Å². The predicted molar refractivity (Wildman–Crippen MR) is 69.4 cm³/mol. The molecule has 22 heavy (non-hydrogen) atoms. The number of hydrogen-bond acceptors (Lipinski definition) is 6. The minimum atomic E-state index is -0.866. The van der Waals surface area contributed by atoms with E-state index in [2.05, 4.69) is 0 Å². The van der Waals surface area contributed by atoms with E-state index in [1.807, 2.05) is 20.8 Å². The van der Waals surface area contributed by atoms with Gasteiger partial charge in [-0.25, -0.2) is 0 Å². The molecular weight excluding hydrogens is 288 g/mol. The van der Waals surface area contributed by atoms with E-state index in [1.54, 1.807) is 0 Å². The number of fused-ring (bicyclic) bond motifs is 2. The van der Waals surface area contributed by atoms with E-state index in [9.17, 15) is 14.7 Å². The summed E-state index contributed by atoms with van der Waals surface area (Å²) in [7, 11) is 0.